The second-order valence-corrected chi connectivity index (χ2v) is 6.22. The molecule has 1 amide bonds. The van der Waals surface area contributed by atoms with Gasteiger partial charge in [-0.15, -0.1) is 0 Å². The van der Waals surface area contributed by atoms with Gasteiger partial charge in [-0.2, -0.15) is 0 Å². The molecule has 4 heteroatoms. The summed E-state index contributed by atoms with van der Waals surface area (Å²) < 4.78 is 0.998. The Hall–Kier alpha value is -1.68. The largest absolute Gasteiger partial charge is 0.310 e. The fourth-order valence-electron chi connectivity index (χ4n) is 1.81. The van der Waals surface area contributed by atoms with Crippen LogP contribution in [0.5, 0.6) is 0 Å². The molecule has 0 saturated heterocycles. The molecule has 20 heavy (non-hydrogen) atoms. The van der Waals surface area contributed by atoms with Crippen LogP contribution in [0, 0.1) is 6.92 Å². The highest BCUT2D eigenvalue weighted by Gasteiger charge is 2.29. The number of nitrogens with zero attached hydrogens (tertiary/aromatic N) is 1. The predicted octanol–water partition coefficient (Wildman–Crippen LogP) is 4.07. The van der Waals surface area contributed by atoms with E-state index in [1.54, 1.807) is 6.20 Å². The maximum Gasteiger partial charge on any atom is 0.235 e. The molecular formula is C16H17BrN2O. The number of aryl methyl sites for hydroxylation is 1. The topological polar surface area (TPSA) is 42.0 Å². The molecule has 0 aliphatic heterocycles. The van der Waals surface area contributed by atoms with Crippen LogP contribution < -0.4 is 5.32 Å². The van der Waals surface area contributed by atoms with E-state index in [9.17, 15) is 4.79 Å². The molecule has 0 bridgehead atoms. The van der Waals surface area contributed by atoms with Crippen molar-refractivity contribution >= 4 is 27.7 Å². The standard InChI is InChI=1S/C16H17BrN2O/c1-11-4-9-14(18-10-11)19-15(20)16(2,3)12-5-7-13(17)8-6-12/h4-10H,1-3H3,(H,18,19,20). The first-order chi connectivity index (χ1) is 9.39. The van der Waals surface area contributed by atoms with Crippen LogP contribution in [-0.2, 0) is 10.2 Å². The zero-order valence-corrected chi connectivity index (χ0v) is 13.4. The van der Waals surface area contributed by atoms with Crippen LogP contribution in [-0.4, -0.2) is 10.9 Å². The number of nitrogens with one attached hydrogen (secondary N) is 1. The van der Waals surface area contributed by atoms with Gasteiger partial charge in [0.15, 0.2) is 0 Å². The van der Waals surface area contributed by atoms with Gasteiger partial charge in [-0.3, -0.25) is 4.79 Å². The molecule has 1 aromatic carbocycles. The van der Waals surface area contributed by atoms with Gasteiger partial charge >= 0.3 is 0 Å². The molecule has 2 aromatic rings. The first-order valence-electron chi connectivity index (χ1n) is 6.40. The third-order valence-electron chi connectivity index (χ3n) is 3.29. The summed E-state index contributed by atoms with van der Waals surface area (Å²) in [7, 11) is 0. The Morgan fingerprint density at radius 2 is 1.80 bits per heavy atom. The second-order valence-electron chi connectivity index (χ2n) is 5.31. The van der Waals surface area contributed by atoms with E-state index in [-0.39, 0.29) is 5.91 Å². The second kappa shape index (κ2) is 5.75. The van der Waals surface area contributed by atoms with Gasteiger partial charge in [0.05, 0.1) is 5.41 Å². The predicted molar refractivity (Wildman–Crippen MR) is 84.8 cm³/mol. The van der Waals surface area contributed by atoms with Gasteiger partial charge in [0.2, 0.25) is 5.91 Å². The number of anilines is 1. The van der Waals surface area contributed by atoms with E-state index in [0.29, 0.717) is 5.82 Å². The van der Waals surface area contributed by atoms with Gasteiger partial charge in [0, 0.05) is 10.7 Å². The number of pyridine rings is 1. The lowest BCUT2D eigenvalue weighted by Gasteiger charge is -2.24. The number of amides is 1. The number of carbonyl (C=O) groups excluding carboxylic acids is 1. The highest BCUT2D eigenvalue weighted by molar-refractivity contribution is 9.10. The summed E-state index contributed by atoms with van der Waals surface area (Å²) in [6.07, 6.45) is 1.74. The Labute approximate surface area is 127 Å². The monoisotopic (exact) mass is 332 g/mol. The van der Waals surface area contributed by atoms with Gasteiger partial charge in [0.25, 0.3) is 0 Å². The summed E-state index contributed by atoms with van der Waals surface area (Å²) >= 11 is 3.40. The molecule has 0 spiro atoms. The van der Waals surface area contributed by atoms with Crippen molar-refractivity contribution in [1.82, 2.24) is 4.98 Å². The Bertz CT molecular complexity index is 603. The lowest BCUT2D eigenvalue weighted by Crippen LogP contribution is -2.34. The lowest BCUT2D eigenvalue weighted by molar-refractivity contribution is -0.120. The summed E-state index contributed by atoms with van der Waals surface area (Å²) in [6, 6.07) is 11.5. The number of benzene rings is 1. The molecule has 1 N–H and O–H groups in total. The number of aromatic nitrogens is 1. The molecule has 3 nitrogen and oxygen atoms in total. The van der Waals surface area contributed by atoms with Crippen molar-refractivity contribution in [2.45, 2.75) is 26.2 Å². The van der Waals surface area contributed by atoms with Crippen LogP contribution in [0.2, 0.25) is 0 Å². The van der Waals surface area contributed by atoms with E-state index in [2.05, 4.69) is 26.2 Å². The van der Waals surface area contributed by atoms with Crippen molar-refractivity contribution in [3.63, 3.8) is 0 Å². The summed E-state index contributed by atoms with van der Waals surface area (Å²) in [4.78, 5) is 16.6. The minimum atomic E-state index is -0.618. The minimum absolute atomic E-state index is 0.0730. The zero-order valence-electron chi connectivity index (χ0n) is 11.8. The minimum Gasteiger partial charge on any atom is -0.310 e. The van der Waals surface area contributed by atoms with Crippen molar-refractivity contribution in [3.8, 4) is 0 Å². The summed E-state index contributed by atoms with van der Waals surface area (Å²) in [6.45, 7) is 5.77. The molecule has 104 valence electrons. The number of hydrogen-bond acceptors (Lipinski definition) is 2. The normalized spacial score (nSPS) is 11.2. The summed E-state index contributed by atoms with van der Waals surface area (Å²) in [5, 5.41) is 2.86. The van der Waals surface area contributed by atoms with Crippen molar-refractivity contribution in [2.75, 3.05) is 5.32 Å². The molecule has 0 atom stereocenters. The molecule has 0 saturated carbocycles. The van der Waals surface area contributed by atoms with Gasteiger partial charge in [0.1, 0.15) is 5.82 Å². The lowest BCUT2D eigenvalue weighted by atomic mass is 9.84. The third-order valence-corrected chi connectivity index (χ3v) is 3.82. The van der Waals surface area contributed by atoms with Crippen molar-refractivity contribution in [3.05, 3.63) is 58.2 Å². The van der Waals surface area contributed by atoms with E-state index in [1.165, 1.54) is 0 Å². The summed E-state index contributed by atoms with van der Waals surface area (Å²) in [5.41, 5.74) is 1.41. The highest BCUT2D eigenvalue weighted by atomic mass is 79.9. The van der Waals surface area contributed by atoms with E-state index in [1.807, 2.05) is 57.2 Å². The SMILES string of the molecule is Cc1ccc(NC(=O)C(C)(C)c2ccc(Br)cc2)nc1. The van der Waals surface area contributed by atoms with Crippen LogP contribution in [0.3, 0.4) is 0 Å². The van der Waals surface area contributed by atoms with Crippen molar-refractivity contribution in [1.29, 1.82) is 0 Å². The van der Waals surface area contributed by atoms with Crippen LogP contribution >= 0.6 is 15.9 Å². The highest BCUT2D eigenvalue weighted by Crippen LogP contribution is 2.26. The number of rotatable bonds is 3. The molecule has 0 fully saturated rings. The smallest absolute Gasteiger partial charge is 0.235 e. The third kappa shape index (κ3) is 3.25. The van der Waals surface area contributed by atoms with Crippen molar-refractivity contribution in [2.24, 2.45) is 0 Å². The maximum absolute atomic E-state index is 12.4. The zero-order chi connectivity index (χ0) is 14.8. The first kappa shape index (κ1) is 14.7. The average Bonchev–Trinajstić information content (AvgIpc) is 2.42. The van der Waals surface area contributed by atoms with Gasteiger partial charge in [-0.25, -0.2) is 4.98 Å². The molecule has 0 radical (unpaired) electrons. The van der Waals surface area contributed by atoms with E-state index in [4.69, 9.17) is 0 Å². The molecule has 2 rings (SSSR count). The number of carbonyl (C=O) groups is 1. The average molecular weight is 333 g/mol. The number of halogens is 1. The molecule has 0 aliphatic rings. The Morgan fingerprint density at radius 3 is 2.35 bits per heavy atom. The molecule has 0 unspecified atom stereocenters. The molecule has 1 heterocycles. The van der Waals surface area contributed by atoms with Crippen LogP contribution in [0.25, 0.3) is 0 Å². The van der Waals surface area contributed by atoms with Crippen LogP contribution in [0.1, 0.15) is 25.0 Å². The van der Waals surface area contributed by atoms with E-state index in [0.717, 1.165) is 15.6 Å². The quantitative estimate of drug-likeness (QED) is 0.920. The van der Waals surface area contributed by atoms with E-state index >= 15 is 0 Å². The fraction of sp³-hybridized carbons (Fsp3) is 0.250. The van der Waals surface area contributed by atoms with E-state index < -0.39 is 5.41 Å². The maximum atomic E-state index is 12.4. The Morgan fingerprint density at radius 1 is 1.15 bits per heavy atom. The molecule has 0 aliphatic carbocycles. The van der Waals surface area contributed by atoms with Crippen molar-refractivity contribution < 1.29 is 4.79 Å². The number of hydrogen-bond donors (Lipinski definition) is 1. The first-order valence-corrected chi connectivity index (χ1v) is 7.19. The van der Waals surface area contributed by atoms with Gasteiger partial charge in [-0.05, 0) is 50.1 Å². The molecule has 1 aromatic heterocycles. The Balaban J connectivity index is 2.18. The van der Waals surface area contributed by atoms with Gasteiger partial charge in [-0.1, -0.05) is 34.1 Å². The van der Waals surface area contributed by atoms with Crippen LogP contribution in [0.4, 0.5) is 5.82 Å². The van der Waals surface area contributed by atoms with Gasteiger partial charge < -0.3 is 5.32 Å². The van der Waals surface area contributed by atoms with Crippen LogP contribution in [0.15, 0.2) is 47.1 Å². The summed E-state index contributed by atoms with van der Waals surface area (Å²) in [5.74, 6) is 0.502. The Kier molecular flexibility index (Phi) is 4.23. The molecular weight excluding hydrogens is 316 g/mol. The fourth-order valence-corrected chi connectivity index (χ4v) is 2.08.